The first-order chi connectivity index (χ1) is 15.6. The van der Waals surface area contributed by atoms with E-state index < -0.39 is 6.68 Å². The minimum Gasteiger partial charge on any atom is -0.412 e. The van der Waals surface area contributed by atoms with Crippen molar-refractivity contribution in [3.05, 3.63) is 128 Å². The molecule has 0 saturated heterocycles. The van der Waals surface area contributed by atoms with Crippen molar-refractivity contribution in [2.75, 3.05) is 12.3 Å². The van der Waals surface area contributed by atoms with Gasteiger partial charge in [0.1, 0.15) is 0 Å². The Morgan fingerprint density at radius 1 is 0.441 bits per heavy atom. The molecule has 34 heavy (non-hydrogen) atoms. The first-order valence-electron chi connectivity index (χ1n) is 10.2. The van der Waals surface area contributed by atoms with E-state index >= 15 is 0 Å². The van der Waals surface area contributed by atoms with Crippen LogP contribution in [0.2, 0.25) is 0 Å². The number of hydrogen-bond donors (Lipinski definition) is 0. The summed E-state index contributed by atoms with van der Waals surface area (Å²) in [4.78, 5) is 0. The summed E-state index contributed by atoms with van der Waals surface area (Å²) in [5.74, 6) is 0. The normalized spacial score (nSPS) is 10.2. The maximum absolute atomic E-state index is 9.58. The third-order valence-corrected chi connectivity index (χ3v) is 10.2. The van der Waals surface area contributed by atoms with Gasteiger partial charge in [-0.05, 0) is 49.4 Å². The molecule has 0 fully saturated rings. The van der Waals surface area contributed by atoms with Crippen LogP contribution < -0.4 is 21.2 Å². The van der Waals surface area contributed by atoms with E-state index in [-0.39, 0.29) is 41.7 Å². The van der Waals surface area contributed by atoms with Crippen LogP contribution in [-0.4, -0.2) is 17.8 Å². The summed E-state index contributed by atoms with van der Waals surface area (Å²) >= 11 is 0. The molecule has 182 valence electrons. The Morgan fingerprint density at radius 2 is 0.618 bits per heavy atom. The first-order valence-corrected chi connectivity index (χ1v) is 13.3. The molecule has 4 aromatic carbocycles. The van der Waals surface area contributed by atoms with Crippen LogP contribution in [-0.2, 0) is 20.4 Å². The molecule has 7 heteroatoms. The summed E-state index contributed by atoms with van der Waals surface area (Å²) in [6, 6.07) is 44.2. The van der Waals surface area contributed by atoms with Gasteiger partial charge in [0.2, 0.25) is 0 Å². The monoisotopic (exact) mass is 591 g/mol. The van der Waals surface area contributed by atoms with Gasteiger partial charge in [-0.25, -0.2) is 0 Å². The van der Waals surface area contributed by atoms with E-state index in [0.717, 1.165) is 0 Å². The van der Waals surface area contributed by atoms with Crippen molar-refractivity contribution in [1.82, 2.24) is 0 Å². The van der Waals surface area contributed by atoms with Gasteiger partial charge in [0, 0.05) is 20.4 Å². The summed E-state index contributed by atoms with van der Waals surface area (Å²) in [6.07, 6.45) is 2.41. The zero-order valence-corrected chi connectivity index (χ0v) is 21.6. The minimum atomic E-state index is -3.08. The van der Waals surface area contributed by atoms with Gasteiger partial charge in [-0.2, -0.15) is 0 Å². The number of rotatable bonds is 7. The van der Waals surface area contributed by atoms with Gasteiger partial charge in [-0.15, -0.1) is 0 Å². The number of benzene rings is 4. The summed E-state index contributed by atoms with van der Waals surface area (Å²) in [5, 5.41) is 5.89. The van der Waals surface area contributed by atoms with E-state index in [2.05, 4.69) is 121 Å². The molecule has 0 aliphatic heterocycles. The third-order valence-electron chi connectivity index (χ3n) is 4.82. The topological polar surface area (TPSA) is 31.5 Å². The Hall–Kier alpha value is -1.85. The zero-order chi connectivity index (χ0) is 22.6. The Kier molecular flexibility index (Phi) is 14.8. The van der Waals surface area contributed by atoms with Gasteiger partial charge < -0.3 is 18.6 Å². The Bertz CT molecular complexity index is 862. The molecular formula is C27H26F3OP2Pd-. The molecule has 0 aliphatic rings. The second-order valence-electron chi connectivity index (χ2n) is 6.86. The molecule has 0 aliphatic carbocycles. The second-order valence-corrected chi connectivity index (χ2v) is 11.5. The minimum absolute atomic E-state index is 0. The van der Waals surface area contributed by atoms with Crippen molar-refractivity contribution in [3.8, 4) is 0 Å². The standard InChI is InChI=1S/C26H24P2.CF3.H2O.Pd/c1-5-13-23(14-6-1)27(24-15-7-2-8-16-24)21-22-28(25-17-9-3-10-18-25)26-19-11-4-12-20-26;2-1(3)4;;/h1-20H,21-22H2;;1H2;/q;-1;;. The molecule has 0 heterocycles. The molecule has 0 unspecified atom stereocenters. The molecule has 4 rings (SSSR count). The van der Waals surface area contributed by atoms with E-state index in [1.807, 2.05) is 0 Å². The molecule has 0 radical (unpaired) electrons. The smallest absolute Gasteiger partial charge is 0.154 e. The van der Waals surface area contributed by atoms with Crippen LogP contribution in [0.1, 0.15) is 0 Å². The number of hydrogen-bond acceptors (Lipinski definition) is 0. The average Bonchev–Trinajstić information content (AvgIpc) is 2.84. The molecule has 0 spiro atoms. The molecule has 0 amide bonds. The zero-order valence-electron chi connectivity index (χ0n) is 18.3. The van der Waals surface area contributed by atoms with Crippen molar-refractivity contribution < 1.29 is 39.1 Å². The molecule has 0 aromatic heterocycles. The van der Waals surface area contributed by atoms with Gasteiger partial charge in [0.25, 0.3) is 0 Å². The quantitative estimate of drug-likeness (QED) is 0.149. The molecule has 2 N–H and O–H groups in total. The first kappa shape index (κ1) is 30.2. The van der Waals surface area contributed by atoms with Crippen molar-refractivity contribution in [2.45, 2.75) is 0 Å². The van der Waals surface area contributed by atoms with Crippen LogP contribution in [0.15, 0.2) is 121 Å². The fraction of sp³-hybridized carbons (Fsp3) is 0.0741. The van der Waals surface area contributed by atoms with E-state index in [1.165, 1.54) is 33.5 Å². The van der Waals surface area contributed by atoms with Crippen LogP contribution >= 0.6 is 15.8 Å². The fourth-order valence-electron chi connectivity index (χ4n) is 3.45. The molecule has 4 aromatic rings. The summed E-state index contributed by atoms with van der Waals surface area (Å²) in [7, 11) is -0.696. The fourth-order valence-corrected chi connectivity index (χ4v) is 8.80. The maximum atomic E-state index is 9.58. The van der Waals surface area contributed by atoms with E-state index in [4.69, 9.17) is 0 Å². The predicted molar refractivity (Wildman–Crippen MR) is 138 cm³/mol. The third kappa shape index (κ3) is 9.79. The van der Waals surface area contributed by atoms with Crippen LogP contribution in [0, 0.1) is 6.68 Å². The van der Waals surface area contributed by atoms with Crippen LogP contribution in [0.5, 0.6) is 0 Å². The van der Waals surface area contributed by atoms with E-state index in [1.54, 1.807) is 0 Å². The predicted octanol–water partition coefficient (Wildman–Crippen LogP) is 5.77. The molecular weight excluding hydrogens is 566 g/mol. The summed E-state index contributed by atoms with van der Waals surface area (Å²) in [6.45, 7) is -3.08. The van der Waals surface area contributed by atoms with Crippen molar-refractivity contribution >= 4 is 37.1 Å². The van der Waals surface area contributed by atoms with Crippen LogP contribution in [0.3, 0.4) is 0 Å². The van der Waals surface area contributed by atoms with Gasteiger partial charge >= 0.3 is 0 Å². The summed E-state index contributed by atoms with van der Waals surface area (Å²) < 4.78 is 28.8. The van der Waals surface area contributed by atoms with Crippen LogP contribution in [0.25, 0.3) is 0 Å². The van der Waals surface area contributed by atoms with Crippen LogP contribution in [0.4, 0.5) is 13.2 Å². The van der Waals surface area contributed by atoms with Crippen molar-refractivity contribution in [2.24, 2.45) is 0 Å². The number of halogens is 3. The van der Waals surface area contributed by atoms with Gasteiger partial charge in [-0.3, -0.25) is 0 Å². The van der Waals surface area contributed by atoms with E-state index in [9.17, 15) is 13.2 Å². The molecule has 0 bridgehead atoms. The Labute approximate surface area is 215 Å². The van der Waals surface area contributed by atoms with Crippen molar-refractivity contribution in [3.63, 3.8) is 0 Å². The molecule has 0 saturated carbocycles. The van der Waals surface area contributed by atoms with Crippen molar-refractivity contribution in [1.29, 1.82) is 0 Å². The van der Waals surface area contributed by atoms with Gasteiger partial charge in [0.15, 0.2) is 6.68 Å². The Morgan fingerprint density at radius 3 is 0.794 bits per heavy atom. The largest absolute Gasteiger partial charge is 0.412 e. The van der Waals surface area contributed by atoms with Gasteiger partial charge in [-0.1, -0.05) is 121 Å². The average molecular weight is 592 g/mol. The molecule has 1 nitrogen and oxygen atoms in total. The molecule has 0 atom stereocenters. The maximum Gasteiger partial charge on any atom is 0.154 e. The SMILES string of the molecule is F[C-](F)F.O.[Pd].c1ccc(P(CCP(c2ccccc2)c2ccccc2)c2ccccc2)cc1. The summed E-state index contributed by atoms with van der Waals surface area (Å²) in [5.41, 5.74) is 0. The second kappa shape index (κ2) is 16.7. The Balaban J connectivity index is 0.000000895. The van der Waals surface area contributed by atoms with Gasteiger partial charge in [0.05, 0.1) is 0 Å². The van der Waals surface area contributed by atoms with E-state index in [0.29, 0.717) is 0 Å².